The normalized spacial score (nSPS) is 26.4. The zero-order valence-corrected chi connectivity index (χ0v) is 9.91. The second-order valence-electron chi connectivity index (χ2n) is 5.30. The van der Waals surface area contributed by atoms with Gasteiger partial charge in [0.2, 0.25) is 0 Å². The van der Waals surface area contributed by atoms with Gasteiger partial charge in [-0.25, -0.2) is 0 Å². The van der Waals surface area contributed by atoms with Crippen molar-refractivity contribution in [2.45, 2.75) is 43.9 Å². The van der Waals surface area contributed by atoms with Crippen molar-refractivity contribution in [3.05, 3.63) is 35.4 Å². The molecule has 1 nitrogen and oxygen atoms in total. The smallest absolute Gasteiger partial charge is 0.00207 e. The van der Waals surface area contributed by atoms with E-state index in [1.54, 1.807) is 11.1 Å². The fourth-order valence-electron chi connectivity index (χ4n) is 3.41. The zero-order valence-electron chi connectivity index (χ0n) is 9.91. The molecule has 0 spiro atoms. The summed E-state index contributed by atoms with van der Waals surface area (Å²) in [7, 11) is 0. The van der Waals surface area contributed by atoms with Crippen LogP contribution < -0.4 is 5.32 Å². The van der Waals surface area contributed by atoms with Crippen LogP contribution in [-0.4, -0.2) is 13.1 Å². The van der Waals surface area contributed by atoms with Gasteiger partial charge in [0.05, 0.1) is 0 Å². The Kier molecular flexibility index (Phi) is 2.96. The largest absolute Gasteiger partial charge is 0.316 e. The maximum Gasteiger partial charge on any atom is 0.00207 e. The SMILES string of the molecule is c1ccc(C2CCNC2)c(C2CCCC2)c1. The first kappa shape index (κ1) is 10.3. The van der Waals surface area contributed by atoms with E-state index < -0.39 is 0 Å². The van der Waals surface area contributed by atoms with Crippen LogP contribution in [0, 0.1) is 0 Å². The van der Waals surface area contributed by atoms with Gasteiger partial charge >= 0.3 is 0 Å². The maximum absolute atomic E-state index is 3.49. The quantitative estimate of drug-likeness (QED) is 0.797. The van der Waals surface area contributed by atoms with Gasteiger partial charge < -0.3 is 5.32 Å². The Hall–Kier alpha value is -0.820. The molecule has 1 saturated carbocycles. The Morgan fingerprint density at radius 1 is 0.875 bits per heavy atom. The summed E-state index contributed by atoms with van der Waals surface area (Å²) in [4.78, 5) is 0. The summed E-state index contributed by atoms with van der Waals surface area (Å²) < 4.78 is 0. The molecule has 86 valence electrons. The highest BCUT2D eigenvalue weighted by Gasteiger charge is 2.24. The average Bonchev–Trinajstić information content (AvgIpc) is 3.03. The summed E-state index contributed by atoms with van der Waals surface area (Å²) in [5.74, 6) is 1.63. The van der Waals surface area contributed by atoms with Gasteiger partial charge in [-0.1, -0.05) is 37.1 Å². The van der Waals surface area contributed by atoms with Gasteiger partial charge in [0.1, 0.15) is 0 Å². The van der Waals surface area contributed by atoms with E-state index in [1.807, 2.05) is 0 Å². The Morgan fingerprint density at radius 3 is 2.19 bits per heavy atom. The van der Waals surface area contributed by atoms with E-state index in [0.717, 1.165) is 11.8 Å². The van der Waals surface area contributed by atoms with E-state index >= 15 is 0 Å². The molecule has 16 heavy (non-hydrogen) atoms. The Labute approximate surface area is 98.3 Å². The Morgan fingerprint density at radius 2 is 1.56 bits per heavy atom. The van der Waals surface area contributed by atoms with E-state index in [2.05, 4.69) is 29.6 Å². The molecule has 1 aliphatic carbocycles. The van der Waals surface area contributed by atoms with Crippen LogP contribution in [0.3, 0.4) is 0 Å². The third-order valence-corrected chi connectivity index (χ3v) is 4.29. The fraction of sp³-hybridized carbons (Fsp3) is 0.600. The van der Waals surface area contributed by atoms with Crippen molar-refractivity contribution in [1.29, 1.82) is 0 Å². The van der Waals surface area contributed by atoms with Crippen molar-refractivity contribution in [1.82, 2.24) is 5.32 Å². The lowest BCUT2D eigenvalue weighted by Gasteiger charge is -2.19. The summed E-state index contributed by atoms with van der Waals surface area (Å²) in [5.41, 5.74) is 3.30. The summed E-state index contributed by atoms with van der Waals surface area (Å²) in [5, 5.41) is 3.49. The monoisotopic (exact) mass is 215 g/mol. The third kappa shape index (κ3) is 1.89. The zero-order chi connectivity index (χ0) is 10.8. The molecule has 0 aromatic heterocycles. The number of benzene rings is 1. The molecule has 1 heterocycles. The standard InChI is InChI=1S/C15H21N/c1-2-6-12(5-1)14-7-3-4-8-15(14)13-9-10-16-11-13/h3-4,7-8,12-13,16H,1-2,5-6,9-11H2. The summed E-state index contributed by atoms with van der Waals surface area (Å²) in [6, 6.07) is 9.18. The van der Waals surface area contributed by atoms with E-state index in [0.29, 0.717) is 0 Å². The molecule has 2 fully saturated rings. The van der Waals surface area contributed by atoms with Crippen LogP contribution in [0.2, 0.25) is 0 Å². The molecule has 1 saturated heterocycles. The molecule has 0 bridgehead atoms. The minimum absolute atomic E-state index is 0.775. The predicted octanol–water partition coefficient (Wildman–Crippen LogP) is 3.42. The molecular formula is C15H21N. The van der Waals surface area contributed by atoms with Crippen molar-refractivity contribution in [3.8, 4) is 0 Å². The van der Waals surface area contributed by atoms with Crippen LogP contribution in [0.15, 0.2) is 24.3 Å². The van der Waals surface area contributed by atoms with Crippen LogP contribution in [0.5, 0.6) is 0 Å². The molecular weight excluding hydrogens is 194 g/mol. The van der Waals surface area contributed by atoms with Gasteiger partial charge in [0.15, 0.2) is 0 Å². The van der Waals surface area contributed by atoms with E-state index in [-0.39, 0.29) is 0 Å². The third-order valence-electron chi connectivity index (χ3n) is 4.29. The summed E-state index contributed by atoms with van der Waals surface area (Å²) >= 11 is 0. The maximum atomic E-state index is 3.49. The first-order chi connectivity index (χ1) is 7.95. The molecule has 1 N–H and O–H groups in total. The van der Waals surface area contributed by atoms with Crippen molar-refractivity contribution >= 4 is 0 Å². The summed E-state index contributed by atoms with van der Waals surface area (Å²) in [6.45, 7) is 2.38. The van der Waals surface area contributed by atoms with Crippen molar-refractivity contribution in [3.63, 3.8) is 0 Å². The van der Waals surface area contributed by atoms with Crippen LogP contribution in [0.4, 0.5) is 0 Å². The van der Waals surface area contributed by atoms with Gasteiger partial charge in [-0.15, -0.1) is 0 Å². The molecule has 0 amide bonds. The molecule has 1 heteroatoms. The van der Waals surface area contributed by atoms with Crippen LogP contribution >= 0.6 is 0 Å². The number of hydrogen-bond donors (Lipinski definition) is 1. The van der Waals surface area contributed by atoms with Crippen molar-refractivity contribution in [2.75, 3.05) is 13.1 Å². The highest BCUT2D eigenvalue weighted by atomic mass is 14.9. The van der Waals surface area contributed by atoms with E-state index in [9.17, 15) is 0 Å². The minimum atomic E-state index is 0.775. The Balaban J connectivity index is 1.90. The van der Waals surface area contributed by atoms with Crippen LogP contribution in [0.25, 0.3) is 0 Å². The van der Waals surface area contributed by atoms with Gasteiger partial charge in [-0.05, 0) is 48.8 Å². The van der Waals surface area contributed by atoms with Crippen molar-refractivity contribution in [2.24, 2.45) is 0 Å². The van der Waals surface area contributed by atoms with Crippen LogP contribution in [0.1, 0.15) is 55.1 Å². The topological polar surface area (TPSA) is 12.0 Å². The van der Waals surface area contributed by atoms with Gasteiger partial charge in [-0.3, -0.25) is 0 Å². The lowest BCUT2D eigenvalue weighted by atomic mass is 9.86. The first-order valence-electron chi connectivity index (χ1n) is 6.74. The average molecular weight is 215 g/mol. The second kappa shape index (κ2) is 4.58. The number of nitrogens with one attached hydrogen (secondary N) is 1. The van der Waals surface area contributed by atoms with E-state index in [1.165, 1.54) is 45.2 Å². The minimum Gasteiger partial charge on any atom is -0.316 e. The Bertz CT molecular complexity index is 311. The predicted molar refractivity (Wildman–Crippen MR) is 67.9 cm³/mol. The molecule has 3 rings (SSSR count). The molecule has 1 atom stereocenters. The summed E-state index contributed by atoms with van der Waals surface area (Å²) in [6.07, 6.45) is 7.02. The van der Waals surface area contributed by atoms with Crippen molar-refractivity contribution < 1.29 is 0 Å². The highest BCUT2D eigenvalue weighted by molar-refractivity contribution is 5.34. The van der Waals surface area contributed by atoms with Gasteiger partial charge in [-0.2, -0.15) is 0 Å². The highest BCUT2D eigenvalue weighted by Crippen LogP contribution is 2.38. The molecule has 2 aliphatic rings. The molecule has 1 aliphatic heterocycles. The molecule has 0 radical (unpaired) electrons. The first-order valence-corrected chi connectivity index (χ1v) is 6.74. The molecule has 1 unspecified atom stereocenters. The fourth-order valence-corrected chi connectivity index (χ4v) is 3.41. The van der Waals surface area contributed by atoms with E-state index in [4.69, 9.17) is 0 Å². The van der Waals surface area contributed by atoms with Crippen LogP contribution in [-0.2, 0) is 0 Å². The number of rotatable bonds is 2. The number of hydrogen-bond acceptors (Lipinski definition) is 1. The van der Waals surface area contributed by atoms with Gasteiger partial charge in [0, 0.05) is 6.54 Å². The molecule has 1 aromatic carbocycles. The lowest BCUT2D eigenvalue weighted by molar-refractivity contribution is 0.681. The lowest BCUT2D eigenvalue weighted by Crippen LogP contribution is -2.10. The van der Waals surface area contributed by atoms with Gasteiger partial charge in [0.25, 0.3) is 0 Å². The molecule has 1 aromatic rings. The second-order valence-corrected chi connectivity index (χ2v) is 5.30.